The Morgan fingerprint density at radius 1 is 1.25 bits per heavy atom. The Balaban J connectivity index is 2.27. The number of benzene rings is 1. The molecule has 1 aliphatic heterocycles. The first-order valence-corrected chi connectivity index (χ1v) is 9.01. The molecule has 1 aromatic rings. The van der Waals surface area contributed by atoms with Crippen molar-refractivity contribution in [1.29, 1.82) is 0 Å². The van der Waals surface area contributed by atoms with E-state index in [0.717, 1.165) is 4.90 Å². The van der Waals surface area contributed by atoms with E-state index in [1.807, 2.05) is 0 Å². The van der Waals surface area contributed by atoms with Crippen molar-refractivity contribution in [3.05, 3.63) is 29.8 Å². The molecular formula is C15H19NO7S. The summed E-state index contributed by atoms with van der Waals surface area (Å²) < 4.78 is 33.6. The molecule has 0 radical (unpaired) electrons. The predicted molar refractivity (Wildman–Crippen MR) is 84.5 cm³/mol. The van der Waals surface area contributed by atoms with Gasteiger partial charge in [0.25, 0.3) is 5.91 Å². The van der Waals surface area contributed by atoms with Crippen molar-refractivity contribution in [3.63, 3.8) is 0 Å². The molecule has 1 aromatic carbocycles. The standard InChI is InChI=1S/C15H19NO7S/c1-22-11-5-3-10(4-6-11)13(23-2)14(17)16-7-8-24(20,21)9-12(16)15(18)19/h3-6,12-13H,7-9H2,1-2H3,(H,18,19). The van der Waals surface area contributed by atoms with Gasteiger partial charge in [-0.2, -0.15) is 0 Å². The summed E-state index contributed by atoms with van der Waals surface area (Å²) in [5.74, 6) is -2.18. The van der Waals surface area contributed by atoms with Crippen LogP contribution in [0.3, 0.4) is 0 Å². The van der Waals surface area contributed by atoms with E-state index < -0.39 is 39.6 Å². The van der Waals surface area contributed by atoms with E-state index in [-0.39, 0.29) is 12.3 Å². The van der Waals surface area contributed by atoms with E-state index in [2.05, 4.69) is 0 Å². The van der Waals surface area contributed by atoms with E-state index in [0.29, 0.717) is 11.3 Å². The number of carbonyl (C=O) groups excluding carboxylic acids is 1. The molecule has 9 heteroatoms. The molecule has 1 fully saturated rings. The van der Waals surface area contributed by atoms with Gasteiger partial charge in [-0.15, -0.1) is 0 Å². The highest BCUT2D eigenvalue weighted by Crippen LogP contribution is 2.25. The molecule has 2 rings (SSSR count). The normalized spacial score (nSPS) is 21.1. The van der Waals surface area contributed by atoms with Crippen molar-refractivity contribution in [1.82, 2.24) is 4.90 Å². The Kier molecular flexibility index (Phi) is 5.45. The molecule has 132 valence electrons. The number of hydrogen-bond acceptors (Lipinski definition) is 6. The van der Waals surface area contributed by atoms with Crippen LogP contribution in [0.4, 0.5) is 0 Å². The first kappa shape index (κ1) is 18.2. The zero-order valence-corrected chi connectivity index (χ0v) is 14.2. The average Bonchev–Trinajstić information content (AvgIpc) is 2.55. The lowest BCUT2D eigenvalue weighted by molar-refractivity contribution is -0.154. The third kappa shape index (κ3) is 3.85. The first-order chi connectivity index (χ1) is 11.3. The Morgan fingerprint density at radius 2 is 1.88 bits per heavy atom. The number of amides is 1. The molecule has 1 saturated heterocycles. The smallest absolute Gasteiger partial charge is 0.327 e. The van der Waals surface area contributed by atoms with E-state index in [1.54, 1.807) is 24.3 Å². The van der Waals surface area contributed by atoms with Gasteiger partial charge in [-0.3, -0.25) is 4.79 Å². The van der Waals surface area contributed by atoms with Crippen LogP contribution in [0.15, 0.2) is 24.3 Å². The van der Waals surface area contributed by atoms with Crippen LogP contribution in [0.2, 0.25) is 0 Å². The minimum absolute atomic E-state index is 0.172. The number of sulfone groups is 1. The fourth-order valence-electron chi connectivity index (χ4n) is 2.58. The van der Waals surface area contributed by atoms with Gasteiger partial charge in [0.1, 0.15) is 11.8 Å². The Labute approximate surface area is 139 Å². The summed E-state index contributed by atoms with van der Waals surface area (Å²) in [5, 5.41) is 9.27. The summed E-state index contributed by atoms with van der Waals surface area (Å²) in [4.78, 5) is 25.2. The molecule has 0 spiro atoms. The molecule has 8 nitrogen and oxygen atoms in total. The quantitative estimate of drug-likeness (QED) is 0.795. The second-order valence-corrected chi connectivity index (χ2v) is 7.62. The van der Waals surface area contributed by atoms with Crippen molar-refractivity contribution in [2.24, 2.45) is 0 Å². The van der Waals surface area contributed by atoms with Gasteiger partial charge >= 0.3 is 5.97 Å². The lowest BCUT2D eigenvalue weighted by Crippen LogP contribution is -2.56. The Hall–Kier alpha value is -2.13. The number of aliphatic carboxylic acids is 1. The fraction of sp³-hybridized carbons (Fsp3) is 0.467. The summed E-state index contributed by atoms with van der Waals surface area (Å²) in [7, 11) is -0.631. The van der Waals surface area contributed by atoms with Gasteiger partial charge in [-0.25, -0.2) is 13.2 Å². The maximum Gasteiger partial charge on any atom is 0.327 e. The minimum atomic E-state index is -3.48. The molecule has 2 atom stereocenters. The minimum Gasteiger partial charge on any atom is -0.497 e. The van der Waals surface area contributed by atoms with Crippen LogP contribution in [0.25, 0.3) is 0 Å². The van der Waals surface area contributed by atoms with Crippen molar-refractivity contribution in [2.45, 2.75) is 12.1 Å². The van der Waals surface area contributed by atoms with E-state index in [1.165, 1.54) is 14.2 Å². The first-order valence-electron chi connectivity index (χ1n) is 7.19. The van der Waals surface area contributed by atoms with Crippen molar-refractivity contribution in [3.8, 4) is 5.75 Å². The van der Waals surface area contributed by atoms with E-state index >= 15 is 0 Å². The molecular weight excluding hydrogens is 338 g/mol. The highest BCUT2D eigenvalue weighted by atomic mass is 32.2. The number of ether oxygens (including phenoxy) is 2. The molecule has 1 heterocycles. The van der Waals surface area contributed by atoms with Gasteiger partial charge in [0.15, 0.2) is 15.9 Å². The molecule has 1 N–H and O–H groups in total. The van der Waals surface area contributed by atoms with E-state index in [4.69, 9.17) is 9.47 Å². The fourth-order valence-corrected chi connectivity index (χ4v) is 4.03. The average molecular weight is 357 g/mol. The van der Waals surface area contributed by atoms with Crippen LogP contribution in [0.1, 0.15) is 11.7 Å². The lowest BCUT2D eigenvalue weighted by Gasteiger charge is -2.34. The van der Waals surface area contributed by atoms with Gasteiger partial charge in [-0.05, 0) is 17.7 Å². The van der Waals surface area contributed by atoms with Crippen LogP contribution < -0.4 is 4.74 Å². The second kappa shape index (κ2) is 7.18. The van der Waals surface area contributed by atoms with Gasteiger partial charge < -0.3 is 19.5 Å². The molecule has 0 aliphatic carbocycles. The van der Waals surface area contributed by atoms with Crippen LogP contribution in [0, 0.1) is 0 Å². The largest absolute Gasteiger partial charge is 0.497 e. The van der Waals surface area contributed by atoms with Gasteiger partial charge in [0.2, 0.25) is 0 Å². The van der Waals surface area contributed by atoms with Crippen LogP contribution in [-0.2, 0) is 24.2 Å². The summed E-state index contributed by atoms with van der Waals surface area (Å²) in [6.07, 6.45) is -1.02. The SMILES string of the molecule is COc1ccc(C(OC)C(=O)N2CCS(=O)(=O)CC2C(=O)O)cc1. The molecule has 1 aliphatic rings. The summed E-state index contributed by atoms with van der Waals surface area (Å²) >= 11 is 0. The van der Waals surface area contributed by atoms with Gasteiger partial charge in [0.05, 0.1) is 18.6 Å². The number of rotatable bonds is 5. The van der Waals surface area contributed by atoms with Crippen molar-refractivity contribution >= 4 is 21.7 Å². The summed E-state index contributed by atoms with van der Waals surface area (Å²) in [6, 6.07) is 5.18. The van der Waals surface area contributed by atoms with Crippen LogP contribution in [0.5, 0.6) is 5.75 Å². The number of nitrogens with zero attached hydrogens (tertiary/aromatic N) is 1. The maximum atomic E-state index is 12.7. The van der Waals surface area contributed by atoms with Crippen molar-refractivity contribution in [2.75, 3.05) is 32.3 Å². The molecule has 1 amide bonds. The number of carboxylic acid groups (broad SMARTS) is 1. The predicted octanol–water partition coefficient (Wildman–Crippen LogP) is 0.0929. The van der Waals surface area contributed by atoms with E-state index in [9.17, 15) is 23.1 Å². The Bertz CT molecular complexity index is 714. The lowest BCUT2D eigenvalue weighted by atomic mass is 10.1. The molecule has 0 saturated carbocycles. The number of carboxylic acids is 1. The highest BCUT2D eigenvalue weighted by Gasteiger charge is 2.41. The molecule has 2 unspecified atom stereocenters. The number of methoxy groups -OCH3 is 2. The third-order valence-corrected chi connectivity index (χ3v) is 5.51. The van der Waals surface area contributed by atoms with Crippen molar-refractivity contribution < 1.29 is 32.6 Å². The maximum absolute atomic E-state index is 12.7. The zero-order chi connectivity index (χ0) is 17.9. The van der Waals surface area contributed by atoms with Gasteiger partial charge in [-0.1, -0.05) is 12.1 Å². The van der Waals surface area contributed by atoms with Crippen LogP contribution >= 0.6 is 0 Å². The molecule has 0 aromatic heterocycles. The zero-order valence-electron chi connectivity index (χ0n) is 13.3. The monoisotopic (exact) mass is 357 g/mol. The molecule has 24 heavy (non-hydrogen) atoms. The highest BCUT2D eigenvalue weighted by molar-refractivity contribution is 7.91. The third-order valence-electron chi connectivity index (χ3n) is 3.88. The summed E-state index contributed by atoms with van der Waals surface area (Å²) in [5.41, 5.74) is 0.529. The van der Waals surface area contributed by atoms with Gasteiger partial charge in [0, 0.05) is 13.7 Å². The second-order valence-electron chi connectivity index (χ2n) is 5.39. The molecule has 0 bridgehead atoms. The van der Waals surface area contributed by atoms with Crippen LogP contribution in [-0.4, -0.2) is 68.6 Å². The Morgan fingerprint density at radius 3 is 2.38 bits per heavy atom. The number of carbonyl (C=O) groups is 2. The number of hydrogen-bond donors (Lipinski definition) is 1. The topological polar surface area (TPSA) is 110 Å². The summed E-state index contributed by atoms with van der Waals surface area (Å²) in [6.45, 7) is -0.172.